The van der Waals surface area contributed by atoms with Crippen LogP contribution in [0.2, 0.25) is 0 Å². The maximum absolute atomic E-state index is 12.2. The highest BCUT2D eigenvalue weighted by atomic mass is 32.2. The molecular formula is C14H19N3O2S. The van der Waals surface area contributed by atoms with Crippen molar-refractivity contribution in [1.82, 2.24) is 10.2 Å². The predicted octanol–water partition coefficient (Wildman–Crippen LogP) is 2.73. The van der Waals surface area contributed by atoms with Crippen LogP contribution in [-0.2, 0) is 22.9 Å². The summed E-state index contributed by atoms with van der Waals surface area (Å²) in [5.74, 6) is 0.319. The van der Waals surface area contributed by atoms with Crippen molar-refractivity contribution in [1.29, 1.82) is 0 Å². The Morgan fingerprint density at radius 1 is 1.20 bits per heavy atom. The van der Waals surface area contributed by atoms with E-state index in [0.717, 1.165) is 30.5 Å². The van der Waals surface area contributed by atoms with Gasteiger partial charge in [0, 0.05) is 11.8 Å². The Kier molecular flexibility index (Phi) is 4.44. The van der Waals surface area contributed by atoms with Gasteiger partial charge in [-0.25, -0.2) is 8.42 Å². The summed E-state index contributed by atoms with van der Waals surface area (Å²) in [6.07, 6.45) is 2.77. The van der Waals surface area contributed by atoms with E-state index in [2.05, 4.69) is 21.8 Å². The minimum absolute atomic E-state index is 0.249. The molecule has 108 valence electrons. The topological polar surface area (TPSA) is 74.8 Å². The maximum Gasteiger partial charge on any atom is 0.263 e. The number of nitrogens with zero attached hydrogens (tertiary/aromatic N) is 1. The molecule has 1 aromatic heterocycles. The highest BCUT2D eigenvalue weighted by Gasteiger charge is 2.15. The van der Waals surface area contributed by atoms with Gasteiger partial charge in [0.25, 0.3) is 10.0 Å². The lowest BCUT2D eigenvalue weighted by Gasteiger charge is -2.06. The zero-order valence-electron chi connectivity index (χ0n) is 11.7. The van der Waals surface area contributed by atoms with Crippen molar-refractivity contribution in [3.63, 3.8) is 0 Å². The lowest BCUT2D eigenvalue weighted by atomic mass is 10.1. The van der Waals surface area contributed by atoms with Gasteiger partial charge in [-0.1, -0.05) is 32.4 Å². The number of H-pyrrole nitrogens is 1. The Hall–Kier alpha value is -1.82. The van der Waals surface area contributed by atoms with Crippen LogP contribution in [0, 0.1) is 0 Å². The third-order valence-electron chi connectivity index (χ3n) is 3.02. The van der Waals surface area contributed by atoms with Crippen LogP contribution < -0.4 is 4.72 Å². The van der Waals surface area contributed by atoms with Crippen molar-refractivity contribution in [2.75, 3.05) is 4.72 Å². The minimum atomic E-state index is -3.57. The summed E-state index contributed by atoms with van der Waals surface area (Å²) in [5, 5.41) is 6.71. The van der Waals surface area contributed by atoms with Crippen molar-refractivity contribution >= 4 is 15.8 Å². The molecule has 0 unspecified atom stereocenters. The second-order valence-corrected chi connectivity index (χ2v) is 6.31. The first-order chi connectivity index (χ1) is 9.55. The molecule has 2 rings (SSSR count). The lowest BCUT2D eigenvalue weighted by Crippen LogP contribution is -2.13. The molecule has 0 fully saturated rings. The zero-order chi connectivity index (χ0) is 14.6. The number of aryl methyl sites for hydroxylation is 2. The highest BCUT2D eigenvalue weighted by Crippen LogP contribution is 2.16. The Morgan fingerprint density at radius 3 is 2.45 bits per heavy atom. The van der Waals surface area contributed by atoms with E-state index < -0.39 is 10.0 Å². The molecule has 0 aliphatic heterocycles. The molecule has 2 aromatic rings. The molecule has 0 bridgehead atoms. The van der Waals surface area contributed by atoms with Crippen molar-refractivity contribution in [3.05, 3.63) is 41.6 Å². The zero-order valence-corrected chi connectivity index (χ0v) is 12.5. The number of hydrogen-bond acceptors (Lipinski definition) is 3. The highest BCUT2D eigenvalue weighted by molar-refractivity contribution is 7.92. The molecule has 0 saturated heterocycles. The van der Waals surface area contributed by atoms with Gasteiger partial charge in [0.1, 0.15) is 0 Å². The Labute approximate surface area is 119 Å². The first-order valence-electron chi connectivity index (χ1n) is 6.71. The van der Waals surface area contributed by atoms with Crippen LogP contribution in [0.5, 0.6) is 0 Å². The van der Waals surface area contributed by atoms with Gasteiger partial charge >= 0.3 is 0 Å². The summed E-state index contributed by atoms with van der Waals surface area (Å²) >= 11 is 0. The number of aromatic nitrogens is 2. The smallest absolute Gasteiger partial charge is 0.263 e. The number of anilines is 1. The fraction of sp³-hybridized carbons (Fsp3) is 0.357. The van der Waals surface area contributed by atoms with Crippen LogP contribution in [0.4, 0.5) is 5.82 Å². The van der Waals surface area contributed by atoms with Gasteiger partial charge in [-0.2, -0.15) is 5.10 Å². The average Bonchev–Trinajstić information content (AvgIpc) is 2.87. The van der Waals surface area contributed by atoms with E-state index in [-0.39, 0.29) is 4.90 Å². The van der Waals surface area contributed by atoms with E-state index in [1.54, 1.807) is 18.2 Å². The molecule has 6 heteroatoms. The van der Waals surface area contributed by atoms with E-state index in [1.165, 1.54) is 0 Å². The summed E-state index contributed by atoms with van der Waals surface area (Å²) < 4.78 is 26.9. The third kappa shape index (κ3) is 3.39. The third-order valence-corrected chi connectivity index (χ3v) is 4.39. The van der Waals surface area contributed by atoms with Gasteiger partial charge in [0.15, 0.2) is 5.82 Å². The quantitative estimate of drug-likeness (QED) is 0.860. The SMILES string of the molecule is CCCc1ccc(S(=O)(=O)Nc2cc(CC)[nH]n2)cc1. The fourth-order valence-corrected chi connectivity index (χ4v) is 2.91. The van der Waals surface area contributed by atoms with Crippen molar-refractivity contribution in [2.45, 2.75) is 38.0 Å². The van der Waals surface area contributed by atoms with Crippen molar-refractivity contribution in [3.8, 4) is 0 Å². The first kappa shape index (κ1) is 14.6. The predicted molar refractivity (Wildman–Crippen MR) is 79.2 cm³/mol. The van der Waals surface area contributed by atoms with Crippen LogP contribution in [-0.4, -0.2) is 18.6 Å². The van der Waals surface area contributed by atoms with Crippen LogP contribution in [0.3, 0.4) is 0 Å². The molecule has 1 aromatic carbocycles. The molecular weight excluding hydrogens is 274 g/mol. The number of benzene rings is 1. The summed E-state index contributed by atoms with van der Waals surface area (Å²) in [7, 11) is -3.57. The number of hydrogen-bond donors (Lipinski definition) is 2. The Bertz CT molecular complexity index is 660. The van der Waals surface area contributed by atoms with Crippen LogP contribution in [0.25, 0.3) is 0 Å². The molecule has 0 atom stereocenters. The standard InChI is InChI=1S/C14H19N3O2S/c1-3-5-11-6-8-13(9-7-11)20(18,19)17-14-10-12(4-2)15-16-14/h6-10H,3-5H2,1-2H3,(H2,15,16,17). The van der Waals surface area contributed by atoms with Crippen LogP contribution >= 0.6 is 0 Å². The molecule has 5 nitrogen and oxygen atoms in total. The first-order valence-corrected chi connectivity index (χ1v) is 8.19. The van der Waals surface area contributed by atoms with E-state index in [4.69, 9.17) is 0 Å². The molecule has 0 saturated carbocycles. The van der Waals surface area contributed by atoms with E-state index in [1.807, 2.05) is 19.1 Å². The molecule has 0 aliphatic carbocycles. The Morgan fingerprint density at radius 2 is 1.90 bits per heavy atom. The van der Waals surface area contributed by atoms with E-state index in [9.17, 15) is 8.42 Å². The van der Waals surface area contributed by atoms with Gasteiger partial charge in [0.2, 0.25) is 0 Å². The summed E-state index contributed by atoms with van der Waals surface area (Å²) in [4.78, 5) is 0.249. The largest absolute Gasteiger partial charge is 0.280 e. The fourth-order valence-electron chi connectivity index (χ4n) is 1.92. The van der Waals surface area contributed by atoms with Gasteiger partial charge in [-0.15, -0.1) is 0 Å². The monoisotopic (exact) mass is 293 g/mol. The van der Waals surface area contributed by atoms with Gasteiger partial charge in [-0.05, 0) is 30.5 Å². The molecule has 2 N–H and O–H groups in total. The molecule has 0 aliphatic rings. The van der Waals surface area contributed by atoms with Crippen LogP contribution in [0.1, 0.15) is 31.5 Å². The molecule has 0 radical (unpaired) electrons. The summed E-state index contributed by atoms with van der Waals surface area (Å²) in [6, 6.07) is 8.64. The Balaban J connectivity index is 2.17. The summed E-state index contributed by atoms with van der Waals surface area (Å²) in [5.41, 5.74) is 2.03. The van der Waals surface area contributed by atoms with Gasteiger partial charge < -0.3 is 0 Å². The molecule has 1 heterocycles. The van der Waals surface area contributed by atoms with Crippen molar-refractivity contribution in [2.24, 2.45) is 0 Å². The normalized spacial score (nSPS) is 11.5. The summed E-state index contributed by atoms with van der Waals surface area (Å²) in [6.45, 7) is 4.06. The van der Waals surface area contributed by atoms with Gasteiger partial charge in [0.05, 0.1) is 4.90 Å². The van der Waals surface area contributed by atoms with Crippen LogP contribution in [0.15, 0.2) is 35.2 Å². The van der Waals surface area contributed by atoms with Crippen molar-refractivity contribution < 1.29 is 8.42 Å². The second-order valence-electron chi connectivity index (χ2n) is 4.63. The van der Waals surface area contributed by atoms with E-state index >= 15 is 0 Å². The number of rotatable bonds is 6. The molecule has 0 spiro atoms. The number of aromatic amines is 1. The molecule has 20 heavy (non-hydrogen) atoms. The maximum atomic E-state index is 12.2. The number of nitrogens with one attached hydrogen (secondary N) is 2. The van der Waals surface area contributed by atoms with E-state index in [0.29, 0.717) is 5.82 Å². The molecule has 0 amide bonds. The van der Waals surface area contributed by atoms with Gasteiger partial charge in [-0.3, -0.25) is 9.82 Å². The minimum Gasteiger partial charge on any atom is -0.280 e. The lowest BCUT2D eigenvalue weighted by molar-refractivity contribution is 0.601. The second kappa shape index (κ2) is 6.09. The number of sulfonamides is 1. The average molecular weight is 293 g/mol.